The van der Waals surface area contributed by atoms with Crippen LogP contribution in [0.25, 0.3) is 0 Å². The van der Waals surface area contributed by atoms with Gasteiger partial charge < -0.3 is 5.73 Å². The van der Waals surface area contributed by atoms with Crippen LogP contribution < -0.4 is 5.73 Å². The third-order valence-electron chi connectivity index (χ3n) is 3.45. The smallest absolute Gasteiger partial charge is 0.154 e. The second-order valence-corrected chi connectivity index (χ2v) is 7.85. The molecule has 1 aliphatic rings. The molecule has 2 atom stereocenters. The van der Waals surface area contributed by atoms with Gasteiger partial charge in [0.15, 0.2) is 9.84 Å². The SMILES string of the molecule is NC(CCc1ccsc1)C1CCCCS1(=O)=O. The van der Waals surface area contributed by atoms with Gasteiger partial charge in [-0.3, -0.25) is 0 Å². The molecule has 96 valence electrons. The van der Waals surface area contributed by atoms with Crippen molar-refractivity contribution in [2.45, 2.75) is 43.4 Å². The fraction of sp³-hybridized carbons (Fsp3) is 0.667. The lowest BCUT2D eigenvalue weighted by Crippen LogP contribution is -2.43. The van der Waals surface area contributed by atoms with E-state index in [9.17, 15) is 8.42 Å². The highest BCUT2D eigenvalue weighted by atomic mass is 32.2. The molecular weight excluding hydrogens is 254 g/mol. The van der Waals surface area contributed by atoms with Gasteiger partial charge in [0.25, 0.3) is 0 Å². The van der Waals surface area contributed by atoms with Crippen molar-refractivity contribution in [1.29, 1.82) is 0 Å². The van der Waals surface area contributed by atoms with Crippen molar-refractivity contribution < 1.29 is 8.42 Å². The molecule has 1 aromatic rings. The molecule has 0 aliphatic carbocycles. The number of aryl methyl sites for hydroxylation is 1. The van der Waals surface area contributed by atoms with Crippen LogP contribution in [0.15, 0.2) is 16.8 Å². The van der Waals surface area contributed by atoms with E-state index >= 15 is 0 Å². The zero-order valence-electron chi connectivity index (χ0n) is 9.84. The summed E-state index contributed by atoms with van der Waals surface area (Å²) in [5.74, 6) is 0.323. The average Bonchev–Trinajstić information content (AvgIpc) is 2.78. The van der Waals surface area contributed by atoms with Gasteiger partial charge in [-0.05, 0) is 48.1 Å². The van der Waals surface area contributed by atoms with Gasteiger partial charge in [-0.25, -0.2) is 8.42 Å². The normalized spacial score (nSPS) is 25.6. The minimum Gasteiger partial charge on any atom is -0.327 e. The van der Waals surface area contributed by atoms with Crippen molar-refractivity contribution in [3.8, 4) is 0 Å². The molecule has 0 saturated carbocycles. The van der Waals surface area contributed by atoms with Gasteiger partial charge in [0, 0.05) is 6.04 Å². The van der Waals surface area contributed by atoms with E-state index in [1.54, 1.807) is 11.3 Å². The van der Waals surface area contributed by atoms with Crippen LogP contribution in [0, 0.1) is 0 Å². The minimum absolute atomic E-state index is 0.208. The van der Waals surface area contributed by atoms with E-state index in [2.05, 4.69) is 11.4 Å². The summed E-state index contributed by atoms with van der Waals surface area (Å²) in [5.41, 5.74) is 7.33. The van der Waals surface area contributed by atoms with Crippen LogP contribution in [0.5, 0.6) is 0 Å². The zero-order chi connectivity index (χ0) is 12.3. The van der Waals surface area contributed by atoms with Crippen LogP contribution in [-0.2, 0) is 16.3 Å². The Morgan fingerprint density at radius 1 is 1.47 bits per heavy atom. The number of hydrogen-bond acceptors (Lipinski definition) is 4. The summed E-state index contributed by atoms with van der Waals surface area (Å²) in [6, 6.07) is 1.87. The van der Waals surface area contributed by atoms with Crippen molar-refractivity contribution in [3.63, 3.8) is 0 Å². The zero-order valence-corrected chi connectivity index (χ0v) is 11.5. The fourth-order valence-corrected chi connectivity index (χ4v) is 5.22. The van der Waals surface area contributed by atoms with E-state index in [1.165, 1.54) is 5.56 Å². The van der Waals surface area contributed by atoms with Gasteiger partial charge in [0.2, 0.25) is 0 Å². The lowest BCUT2D eigenvalue weighted by Gasteiger charge is -2.27. The molecule has 5 heteroatoms. The summed E-state index contributed by atoms with van der Waals surface area (Å²) < 4.78 is 23.8. The Kier molecular flexibility index (Phi) is 4.22. The maximum atomic E-state index is 11.9. The summed E-state index contributed by atoms with van der Waals surface area (Å²) in [6.07, 6.45) is 4.19. The van der Waals surface area contributed by atoms with Gasteiger partial charge in [-0.1, -0.05) is 6.42 Å². The van der Waals surface area contributed by atoms with Crippen molar-refractivity contribution in [2.24, 2.45) is 5.73 Å². The number of thiophene rings is 1. The summed E-state index contributed by atoms with van der Waals surface area (Å²) in [7, 11) is -2.94. The Hall–Kier alpha value is -0.390. The van der Waals surface area contributed by atoms with Crippen LogP contribution >= 0.6 is 11.3 Å². The van der Waals surface area contributed by atoms with E-state index in [1.807, 2.05) is 5.38 Å². The van der Waals surface area contributed by atoms with Crippen LogP contribution in [-0.4, -0.2) is 25.5 Å². The van der Waals surface area contributed by atoms with Crippen LogP contribution in [0.1, 0.15) is 31.2 Å². The average molecular weight is 273 g/mol. The first-order valence-electron chi connectivity index (χ1n) is 6.08. The molecule has 3 nitrogen and oxygen atoms in total. The van der Waals surface area contributed by atoms with Gasteiger partial charge in [0.05, 0.1) is 11.0 Å². The predicted molar refractivity (Wildman–Crippen MR) is 72.0 cm³/mol. The third kappa shape index (κ3) is 3.30. The van der Waals surface area contributed by atoms with Crippen molar-refractivity contribution in [3.05, 3.63) is 22.4 Å². The monoisotopic (exact) mass is 273 g/mol. The molecule has 17 heavy (non-hydrogen) atoms. The van der Waals surface area contributed by atoms with E-state index < -0.39 is 9.84 Å². The standard InChI is InChI=1S/C12H19NO2S2/c13-11(5-4-10-6-7-16-9-10)12-3-1-2-8-17(12,14)15/h6-7,9,11-12H,1-5,8,13H2. The van der Waals surface area contributed by atoms with Crippen LogP contribution in [0.2, 0.25) is 0 Å². The highest BCUT2D eigenvalue weighted by Crippen LogP contribution is 2.23. The molecule has 1 aromatic heterocycles. The molecule has 1 aliphatic heterocycles. The minimum atomic E-state index is -2.94. The molecule has 0 radical (unpaired) electrons. The second kappa shape index (κ2) is 5.50. The molecule has 0 aromatic carbocycles. The van der Waals surface area contributed by atoms with Crippen molar-refractivity contribution in [1.82, 2.24) is 0 Å². The largest absolute Gasteiger partial charge is 0.327 e. The molecule has 2 N–H and O–H groups in total. The Morgan fingerprint density at radius 2 is 2.29 bits per heavy atom. The molecule has 0 spiro atoms. The Balaban J connectivity index is 1.92. The first kappa shape index (κ1) is 13.1. The van der Waals surface area contributed by atoms with Crippen molar-refractivity contribution >= 4 is 21.2 Å². The number of rotatable bonds is 4. The lowest BCUT2D eigenvalue weighted by molar-refractivity contribution is 0.481. The quantitative estimate of drug-likeness (QED) is 0.912. The van der Waals surface area contributed by atoms with Gasteiger partial charge in [-0.2, -0.15) is 11.3 Å². The first-order valence-corrected chi connectivity index (χ1v) is 8.73. The number of nitrogens with two attached hydrogens (primary N) is 1. The maximum absolute atomic E-state index is 11.9. The highest BCUT2D eigenvalue weighted by molar-refractivity contribution is 7.92. The first-order chi connectivity index (χ1) is 8.09. The topological polar surface area (TPSA) is 60.2 Å². The van der Waals surface area contributed by atoms with Gasteiger partial charge in [-0.15, -0.1) is 0 Å². The van der Waals surface area contributed by atoms with Gasteiger partial charge in [0.1, 0.15) is 0 Å². The number of hydrogen-bond donors (Lipinski definition) is 1. The molecule has 1 saturated heterocycles. The third-order valence-corrected chi connectivity index (χ3v) is 6.55. The van der Waals surface area contributed by atoms with E-state index in [-0.39, 0.29) is 11.3 Å². The second-order valence-electron chi connectivity index (χ2n) is 4.74. The summed E-state index contributed by atoms with van der Waals surface area (Å²) in [4.78, 5) is 0. The summed E-state index contributed by atoms with van der Waals surface area (Å²) in [6.45, 7) is 0. The van der Waals surface area contributed by atoms with E-state index in [4.69, 9.17) is 5.73 Å². The van der Waals surface area contributed by atoms with Gasteiger partial charge >= 0.3 is 0 Å². The molecule has 2 heterocycles. The predicted octanol–water partition coefficient (Wildman–Crippen LogP) is 1.98. The Bertz CT molecular complexity index is 439. The molecular formula is C12H19NO2S2. The van der Waals surface area contributed by atoms with E-state index in [0.29, 0.717) is 5.75 Å². The summed E-state index contributed by atoms with van der Waals surface area (Å²) >= 11 is 1.67. The van der Waals surface area contributed by atoms with Crippen molar-refractivity contribution in [2.75, 3.05) is 5.75 Å². The fourth-order valence-electron chi connectivity index (χ4n) is 2.41. The van der Waals surface area contributed by atoms with Crippen LogP contribution in [0.3, 0.4) is 0 Å². The van der Waals surface area contributed by atoms with E-state index in [0.717, 1.165) is 32.1 Å². The maximum Gasteiger partial charge on any atom is 0.154 e. The molecule has 2 unspecified atom stereocenters. The Morgan fingerprint density at radius 3 is 2.94 bits per heavy atom. The van der Waals surface area contributed by atoms with Crippen LogP contribution in [0.4, 0.5) is 0 Å². The highest BCUT2D eigenvalue weighted by Gasteiger charge is 2.33. The molecule has 0 bridgehead atoms. The summed E-state index contributed by atoms with van der Waals surface area (Å²) in [5, 5.41) is 3.83. The molecule has 2 rings (SSSR count). The lowest BCUT2D eigenvalue weighted by atomic mass is 10.0. The number of sulfone groups is 1. The Labute approximate surface area is 107 Å². The molecule has 1 fully saturated rings. The molecule has 0 amide bonds.